The van der Waals surface area contributed by atoms with Crippen molar-refractivity contribution in [2.24, 2.45) is 0 Å². The maximum atomic E-state index is 12.8. The van der Waals surface area contributed by atoms with E-state index in [0.717, 1.165) is 6.08 Å². The number of hydrogen-bond acceptors (Lipinski definition) is 1. The Morgan fingerprint density at radius 3 is 2.42 bits per heavy atom. The minimum absolute atomic E-state index is 0.517. The number of allylic oxidation sites excluding steroid dienone is 3. The van der Waals surface area contributed by atoms with Crippen LogP contribution in [0.4, 0.5) is 4.39 Å². The molecule has 0 aliphatic carbocycles. The zero-order chi connectivity index (χ0) is 9.72. The van der Waals surface area contributed by atoms with Gasteiger partial charge < -0.3 is 5.11 Å². The normalized spacial score (nSPS) is 12.9. The second-order valence-corrected chi connectivity index (χ2v) is 2.31. The first-order valence-electron chi connectivity index (χ1n) is 3.41. The Morgan fingerprint density at radius 1 is 1.58 bits per heavy atom. The molecular formula is C9H11FO2. The van der Waals surface area contributed by atoms with Crippen LogP contribution in [0.1, 0.15) is 13.8 Å². The highest BCUT2D eigenvalue weighted by molar-refractivity contribution is 5.90. The van der Waals surface area contributed by atoms with E-state index in [-0.39, 0.29) is 0 Å². The molecule has 0 aromatic carbocycles. The molecule has 0 bridgehead atoms. The van der Waals surface area contributed by atoms with Crippen LogP contribution in [0, 0.1) is 0 Å². The molecule has 0 saturated carbocycles. The van der Waals surface area contributed by atoms with Crippen LogP contribution in [-0.4, -0.2) is 11.1 Å². The van der Waals surface area contributed by atoms with Crippen molar-refractivity contribution < 1.29 is 14.3 Å². The lowest BCUT2D eigenvalue weighted by atomic mass is 10.2. The van der Waals surface area contributed by atoms with Crippen LogP contribution in [-0.2, 0) is 4.79 Å². The number of rotatable bonds is 3. The third kappa shape index (κ3) is 3.14. The molecule has 0 aliphatic rings. The molecule has 12 heavy (non-hydrogen) atoms. The molecule has 0 fully saturated rings. The largest absolute Gasteiger partial charge is 0.478 e. The van der Waals surface area contributed by atoms with E-state index in [2.05, 4.69) is 6.58 Å². The summed E-state index contributed by atoms with van der Waals surface area (Å²) in [6.45, 7) is 6.49. The fourth-order valence-electron chi connectivity index (χ4n) is 0.472. The van der Waals surface area contributed by atoms with Gasteiger partial charge in [0.25, 0.3) is 0 Å². The van der Waals surface area contributed by atoms with Crippen molar-refractivity contribution in [1.82, 2.24) is 0 Å². The Morgan fingerprint density at radius 2 is 2.08 bits per heavy atom. The van der Waals surface area contributed by atoms with Crippen molar-refractivity contribution in [2.75, 3.05) is 0 Å². The van der Waals surface area contributed by atoms with Crippen LogP contribution >= 0.6 is 0 Å². The molecule has 0 amide bonds. The molecule has 66 valence electrons. The fourth-order valence-corrected chi connectivity index (χ4v) is 0.472. The highest BCUT2D eigenvalue weighted by Gasteiger charge is 2.08. The van der Waals surface area contributed by atoms with Gasteiger partial charge in [0.05, 0.1) is 5.57 Å². The third-order valence-electron chi connectivity index (χ3n) is 1.36. The van der Waals surface area contributed by atoms with E-state index in [9.17, 15) is 9.18 Å². The first-order valence-corrected chi connectivity index (χ1v) is 3.41. The Bertz CT molecular complexity index is 262. The average Bonchev–Trinajstić information content (AvgIpc) is 2.02. The second kappa shape index (κ2) is 4.49. The van der Waals surface area contributed by atoms with Crippen molar-refractivity contribution in [3.8, 4) is 0 Å². The van der Waals surface area contributed by atoms with Gasteiger partial charge in [0.15, 0.2) is 0 Å². The van der Waals surface area contributed by atoms with E-state index in [1.807, 2.05) is 0 Å². The Balaban J connectivity index is 4.60. The van der Waals surface area contributed by atoms with Gasteiger partial charge in [-0.05, 0) is 19.9 Å². The van der Waals surface area contributed by atoms with Crippen molar-refractivity contribution in [2.45, 2.75) is 13.8 Å². The van der Waals surface area contributed by atoms with Crippen LogP contribution < -0.4 is 0 Å². The molecular weight excluding hydrogens is 159 g/mol. The number of hydrogen-bond donors (Lipinski definition) is 1. The SMILES string of the molecule is C=C(C(=O)O)/C(F)=C\C(C)=C/C. The van der Waals surface area contributed by atoms with Gasteiger partial charge in [-0.1, -0.05) is 18.2 Å². The first kappa shape index (κ1) is 10.6. The standard InChI is InChI=1S/C9H11FO2/c1-4-6(2)5-8(10)7(3)9(11)12/h4-5H,3H2,1-2H3,(H,11,12)/b6-4-,8-5+. The van der Waals surface area contributed by atoms with Gasteiger partial charge in [0, 0.05) is 0 Å². The summed E-state index contributed by atoms with van der Waals surface area (Å²) < 4.78 is 12.8. The molecule has 0 unspecified atom stereocenters. The molecule has 0 heterocycles. The smallest absolute Gasteiger partial charge is 0.338 e. The van der Waals surface area contributed by atoms with Crippen LogP contribution in [0.5, 0.6) is 0 Å². The van der Waals surface area contributed by atoms with Crippen molar-refractivity contribution in [3.05, 3.63) is 35.7 Å². The van der Waals surface area contributed by atoms with E-state index in [1.165, 1.54) is 0 Å². The van der Waals surface area contributed by atoms with Gasteiger partial charge in [0.2, 0.25) is 0 Å². The van der Waals surface area contributed by atoms with Gasteiger partial charge >= 0.3 is 5.97 Å². The fraction of sp³-hybridized carbons (Fsp3) is 0.222. The first-order chi connectivity index (χ1) is 5.49. The summed E-state index contributed by atoms with van der Waals surface area (Å²) in [5.74, 6) is -2.15. The maximum absolute atomic E-state index is 12.8. The van der Waals surface area contributed by atoms with E-state index >= 15 is 0 Å². The van der Waals surface area contributed by atoms with Crippen LogP contribution in [0.25, 0.3) is 0 Å². The zero-order valence-corrected chi connectivity index (χ0v) is 7.10. The Labute approximate surface area is 70.7 Å². The third-order valence-corrected chi connectivity index (χ3v) is 1.36. The lowest BCUT2D eigenvalue weighted by Gasteiger charge is -1.95. The second-order valence-electron chi connectivity index (χ2n) is 2.31. The lowest BCUT2D eigenvalue weighted by molar-refractivity contribution is -0.132. The lowest BCUT2D eigenvalue weighted by Crippen LogP contribution is -1.99. The van der Waals surface area contributed by atoms with Gasteiger partial charge in [-0.15, -0.1) is 0 Å². The van der Waals surface area contributed by atoms with E-state index in [1.54, 1.807) is 19.9 Å². The summed E-state index contributed by atoms with van der Waals surface area (Å²) in [4.78, 5) is 10.2. The molecule has 0 aromatic rings. The quantitative estimate of drug-likeness (QED) is 0.521. The molecule has 0 radical (unpaired) electrons. The molecule has 2 nitrogen and oxygen atoms in total. The van der Waals surface area contributed by atoms with Gasteiger partial charge in [-0.3, -0.25) is 0 Å². The number of carboxylic acid groups (broad SMARTS) is 1. The molecule has 0 rings (SSSR count). The average molecular weight is 170 g/mol. The Hall–Kier alpha value is -1.38. The highest BCUT2D eigenvalue weighted by atomic mass is 19.1. The minimum Gasteiger partial charge on any atom is -0.478 e. The summed E-state index contributed by atoms with van der Waals surface area (Å²) in [5, 5.41) is 8.34. The summed E-state index contributed by atoms with van der Waals surface area (Å²) in [6, 6.07) is 0. The number of halogens is 1. The molecule has 0 aliphatic heterocycles. The number of aliphatic carboxylic acids is 1. The van der Waals surface area contributed by atoms with Crippen molar-refractivity contribution in [3.63, 3.8) is 0 Å². The molecule has 0 atom stereocenters. The zero-order valence-electron chi connectivity index (χ0n) is 7.10. The summed E-state index contributed by atoms with van der Waals surface area (Å²) in [7, 11) is 0. The monoisotopic (exact) mass is 170 g/mol. The summed E-state index contributed by atoms with van der Waals surface area (Å²) >= 11 is 0. The van der Waals surface area contributed by atoms with Crippen molar-refractivity contribution >= 4 is 5.97 Å². The van der Waals surface area contributed by atoms with Crippen LogP contribution in [0.3, 0.4) is 0 Å². The molecule has 1 N–H and O–H groups in total. The van der Waals surface area contributed by atoms with E-state index in [4.69, 9.17) is 5.11 Å². The van der Waals surface area contributed by atoms with E-state index < -0.39 is 17.4 Å². The topological polar surface area (TPSA) is 37.3 Å². The number of carbonyl (C=O) groups is 1. The van der Waals surface area contributed by atoms with Gasteiger partial charge in [-0.2, -0.15) is 0 Å². The van der Waals surface area contributed by atoms with Gasteiger partial charge in [-0.25, -0.2) is 9.18 Å². The number of carboxylic acids is 1. The van der Waals surface area contributed by atoms with Crippen molar-refractivity contribution in [1.29, 1.82) is 0 Å². The Kier molecular flexibility index (Phi) is 3.97. The minimum atomic E-state index is -1.34. The summed E-state index contributed by atoms with van der Waals surface area (Å²) in [6.07, 6.45) is 2.81. The highest BCUT2D eigenvalue weighted by Crippen LogP contribution is 2.12. The molecule has 0 saturated heterocycles. The predicted octanol–water partition coefficient (Wildman–Crippen LogP) is 2.45. The molecule has 0 aromatic heterocycles. The molecule has 0 spiro atoms. The van der Waals surface area contributed by atoms with Gasteiger partial charge in [0.1, 0.15) is 5.83 Å². The predicted molar refractivity (Wildman–Crippen MR) is 45.4 cm³/mol. The van der Waals surface area contributed by atoms with Crippen LogP contribution in [0.15, 0.2) is 35.7 Å². The summed E-state index contributed by atoms with van der Waals surface area (Å²) in [5.41, 5.74) is 0.145. The van der Waals surface area contributed by atoms with Crippen LogP contribution in [0.2, 0.25) is 0 Å². The van der Waals surface area contributed by atoms with E-state index in [0.29, 0.717) is 5.57 Å². The maximum Gasteiger partial charge on any atom is 0.338 e. The molecule has 3 heteroatoms.